The lowest BCUT2D eigenvalue weighted by Crippen LogP contribution is -2.37. The Morgan fingerprint density at radius 2 is 1.89 bits per heavy atom. The second kappa shape index (κ2) is 6.29. The van der Waals surface area contributed by atoms with Crippen molar-refractivity contribution in [3.63, 3.8) is 0 Å². The standard InChI is InChI=1S/C9H12Cl2N4O3S/c10-5-3-6(11)8(7(12)4-5)19(17,18)15-2-1-14-9(13)16/h3-4,15H,1-2,12H2,(H3,13,14,16). The molecule has 1 rings (SSSR count). The molecule has 0 saturated carbocycles. The van der Waals surface area contributed by atoms with Gasteiger partial charge in [-0.15, -0.1) is 0 Å². The van der Waals surface area contributed by atoms with Gasteiger partial charge in [0.2, 0.25) is 10.0 Å². The van der Waals surface area contributed by atoms with E-state index < -0.39 is 16.1 Å². The number of halogens is 2. The second-order valence-corrected chi connectivity index (χ2v) is 6.04. The van der Waals surface area contributed by atoms with Crippen LogP contribution in [0.25, 0.3) is 0 Å². The van der Waals surface area contributed by atoms with Gasteiger partial charge in [0.15, 0.2) is 0 Å². The number of amides is 2. The minimum absolute atomic E-state index is 0.0413. The van der Waals surface area contributed by atoms with Crippen molar-refractivity contribution in [3.05, 3.63) is 22.2 Å². The number of primary amides is 1. The Morgan fingerprint density at radius 3 is 2.42 bits per heavy atom. The molecule has 0 spiro atoms. The van der Waals surface area contributed by atoms with E-state index in [9.17, 15) is 13.2 Å². The van der Waals surface area contributed by atoms with Crippen LogP contribution in [-0.4, -0.2) is 27.5 Å². The first-order valence-electron chi connectivity index (χ1n) is 5.01. The highest BCUT2D eigenvalue weighted by Gasteiger charge is 2.21. The molecule has 0 heterocycles. The van der Waals surface area contributed by atoms with Crippen LogP contribution in [0.2, 0.25) is 10.0 Å². The van der Waals surface area contributed by atoms with Gasteiger partial charge in [0, 0.05) is 18.1 Å². The molecule has 1 aromatic carbocycles. The van der Waals surface area contributed by atoms with Crippen molar-refractivity contribution in [1.29, 1.82) is 0 Å². The Hall–Kier alpha value is -1.22. The summed E-state index contributed by atoms with van der Waals surface area (Å²) in [7, 11) is -3.89. The molecular formula is C9H12Cl2N4O3S. The van der Waals surface area contributed by atoms with Gasteiger partial charge in [-0.25, -0.2) is 17.9 Å². The highest BCUT2D eigenvalue weighted by Crippen LogP contribution is 2.30. The Kier molecular flexibility index (Phi) is 5.24. The average molecular weight is 327 g/mol. The van der Waals surface area contributed by atoms with Crippen molar-refractivity contribution >= 4 is 44.9 Å². The van der Waals surface area contributed by atoms with E-state index in [2.05, 4.69) is 10.0 Å². The molecule has 0 aliphatic rings. The predicted molar refractivity (Wildman–Crippen MR) is 73.6 cm³/mol. The maximum atomic E-state index is 12.0. The molecular weight excluding hydrogens is 315 g/mol. The number of carbonyl (C=O) groups is 1. The molecule has 1 aromatic rings. The molecule has 106 valence electrons. The molecule has 0 saturated heterocycles. The molecule has 0 aromatic heterocycles. The quantitative estimate of drug-likeness (QED) is 0.464. The third kappa shape index (κ3) is 4.43. The number of carbonyl (C=O) groups excluding carboxylic acids is 1. The summed E-state index contributed by atoms with van der Waals surface area (Å²) >= 11 is 11.5. The van der Waals surface area contributed by atoms with E-state index in [0.717, 1.165) is 0 Å². The summed E-state index contributed by atoms with van der Waals surface area (Å²) < 4.78 is 26.2. The predicted octanol–water partition coefficient (Wildman–Crippen LogP) is 0.522. The van der Waals surface area contributed by atoms with Gasteiger partial charge in [-0.2, -0.15) is 0 Å². The first kappa shape index (κ1) is 15.8. The monoisotopic (exact) mass is 326 g/mol. The number of benzene rings is 1. The van der Waals surface area contributed by atoms with Crippen molar-refractivity contribution in [2.75, 3.05) is 18.8 Å². The SMILES string of the molecule is NC(=O)NCCNS(=O)(=O)c1c(N)cc(Cl)cc1Cl. The Morgan fingerprint density at radius 1 is 1.26 bits per heavy atom. The van der Waals surface area contributed by atoms with Crippen molar-refractivity contribution in [1.82, 2.24) is 10.0 Å². The molecule has 7 nitrogen and oxygen atoms in total. The Balaban J connectivity index is 2.86. The van der Waals surface area contributed by atoms with Gasteiger partial charge >= 0.3 is 6.03 Å². The molecule has 0 atom stereocenters. The Labute approximate surface area is 120 Å². The summed E-state index contributed by atoms with van der Waals surface area (Å²) in [6.45, 7) is -0.0106. The zero-order valence-electron chi connectivity index (χ0n) is 9.61. The van der Waals surface area contributed by atoms with Crippen LogP contribution in [0.5, 0.6) is 0 Å². The lowest BCUT2D eigenvalue weighted by molar-refractivity contribution is 0.249. The van der Waals surface area contributed by atoms with E-state index in [1.54, 1.807) is 0 Å². The highest BCUT2D eigenvalue weighted by atomic mass is 35.5. The van der Waals surface area contributed by atoms with Gasteiger partial charge < -0.3 is 16.8 Å². The molecule has 0 aliphatic carbocycles. The summed E-state index contributed by atoms with van der Waals surface area (Å²) in [6.07, 6.45) is 0. The average Bonchev–Trinajstić information content (AvgIpc) is 2.22. The molecule has 0 radical (unpaired) electrons. The molecule has 0 aliphatic heterocycles. The van der Waals surface area contributed by atoms with Crippen LogP contribution >= 0.6 is 23.2 Å². The van der Waals surface area contributed by atoms with Gasteiger partial charge in [-0.1, -0.05) is 23.2 Å². The first-order valence-corrected chi connectivity index (χ1v) is 7.25. The topological polar surface area (TPSA) is 127 Å². The fraction of sp³-hybridized carbons (Fsp3) is 0.222. The molecule has 0 bridgehead atoms. The minimum Gasteiger partial charge on any atom is -0.398 e. The highest BCUT2D eigenvalue weighted by molar-refractivity contribution is 7.89. The van der Waals surface area contributed by atoms with Crippen LogP contribution in [0.1, 0.15) is 0 Å². The van der Waals surface area contributed by atoms with Gasteiger partial charge in [0.25, 0.3) is 0 Å². The minimum atomic E-state index is -3.89. The molecule has 0 fully saturated rings. The van der Waals surface area contributed by atoms with Crippen molar-refractivity contribution in [2.24, 2.45) is 5.73 Å². The number of nitrogens with one attached hydrogen (secondary N) is 2. The number of nitrogens with two attached hydrogens (primary N) is 2. The first-order chi connectivity index (χ1) is 8.74. The van der Waals surface area contributed by atoms with Gasteiger partial charge in [0.1, 0.15) is 4.90 Å². The van der Waals surface area contributed by atoms with E-state index >= 15 is 0 Å². The van der Waals surface area contributed by atoms with Crippen LogP contribution in [0.15, 0.2) is 17.0 Å². The van der Waals surface area contributed by atoms with Crippen LogP contribution in [0.3, 0.4) is 0 Å². The van der Waals surface area contributed by atoms with Crippen LogP contribution in [-0.2, 0) is 10.0 Å². The smallest absolute Gasteiger partial charge is 0.312 e. The summed E-state index contributed by atoms with van der Waals surface area (Å²) in [5.41, 5.74) is 10.4. The van der Waals surface area contributed by atoms with Gasteiger partial charge in [-0.05, 0) is 12.1 Å². The summed E-state index contributed by atoms with van der Waals surface area (Å²) in [5, 5.41) is 2.38. The van der Waals surface area contributed by atoms with E-state index in [0.29, 0.717) is 0 Å². The lowest BCUT2D eigenvalue weighted by atomic mass is 10.3. The number of urea groups is 1. The zero-order chi connectivity index (χ0) is 14.6. The normalized spacial score (nSPS) is 11.3. The third-order valence-electron chi connectivity index (χ3n) is 2.02. The number of hydrogen-bond acceptors (Lipinski definition) is 4. The summed E-state index contributed by atoms with van der Waals surface area (Å²) in [5.74, 6) is 0. The largest absolute Gasteiger partial charge is 0.398 e. The molecule has 0 unspecified atom stereocenters. The van der Waals surface area contributed by atoms with E-state index in [1.165, 1.54) is 12.1 Å². The number of nitrogen functional groups attached to an aromatic ring is 1. The maximum Gasteiger partial charge on any atom is 0.312 e. The molecule has 2 amide bonds. The lowest BCUT2D eigenvalue weighted by Gasteiger charge is -2.11. The molecule has 19 heavy (non-hydrogen) atoms. The molecule has 6 N–H and O–H groups in total. The van der Waals surface area contributed by atoms with Gasteiger partial charge in [0.05, 0.1) is 10.7 Å². The van der Waals surface area contributed by atoms with E-state index in [1.807, 2.05) is 0 Å². The van der Waals surface area contributed by atoms with Crippen molar-refractivity contribution in [3.8, 4) is 0 Å². The summed E-state index contributed by atoms with van der Waals surface area (Å²) in [4.78, 5) is 10.2. The number of hydrogen-bond donors (Lipinski definition) is 4. The summed E-state index contributed by atoms with van der Waals surface area (Å²) in [6, 6.07) is 1.81. The number of anilines is 1. The second-order valence-electron chi connectivity index (χ2n) is 3.49. The Bertz CT molecular complexity index is 568. The maximum absolute atomic E-state index is 12.0. The van der Waals surface area contributed by atoms with Crippen molar-refractivity contribution < 1.29 is 13.2 Å². The van der Waals surface area contributed by atoms with Crippen LogP contribution in [0, 0.1) is 0 Å². The van der Waals surface area contributed by atoms with Crippen molar-refractivity contribution in [2.45, 2.75) is 4.90 Å². The van der Waals surface area contributed by atoms with Crippen LogP contribution < -0.4 is 21.5 Å². The van der Waals surface area contributed by atoms with E-state index in [-0.39, 0.29) is 33.7 Å². The van der Waals surface area contributed by atoms with Crippen LogP contribution in [0.4, 0.5) is 10.5 Å². The third-order valence-corrected chi connectivity index (χ3v) is 4.23. The number of rotatable bonds is 5. The zero-order valence-corrected chi connectivity index (χ0v) is 11.9. The molecule has 10 heteroatoms. The number of sulfonamides is 1. The van der Waals surface area contributed by atoms with E-state index in [4.69, 9.17) is 34.7 Å². The van der Waals surface area contributed by atoms with Gasteiger partial charge in [-0.3, -0.25) is 0 Å². The fourth-order valence-electron chi connectivity index (χ4n) is 1.31. The fourth-order valence-corrected chi connectivity index (χ4v) is 3.32.